The fourth-order valence-electron chi connectivity index (χ4n) is 1.88. The van der Waals surface area contributed by atoms with Crippen LogP contribution in [0.2, 0.25) is 0 Å². The van der Waals surface area contributed by atoms with E-state index in [1.165, 1.54) is 0 Å². The summed E-state index contributed by atoms with van der Waals surface area (Å²) in [5, 5.41) is 4.33. The van der Waals surface area contributed by atoms with Gasteiger partial charge in [-0.15, -0.1) is 0 Å². The van der Waals surface area contributed by atoms with Crippen molar-refractivity contribution in [1.29, 1.82) is 0 Å². The normalized spacial score (nSPS) is 13.8. The van der Waals surface area contributed by atoms with E-state index in [1.807, 2.05) is 18.5 Å². The molecule has 0 fully saturated rings. The predicted octanol–water partition coefficient (Wildman–Crippen LogP) is 1.61. The summed E-state index contributed by atoms with van der Waals surface area (Å²) in [4.78, 5) is 0. The van der Waals surface area contributed by atoms with Crippen molar-refractivity contribution < 1.29 is 9.47 Å². The first kappa shape index (κ1) is 16.6. The summed E-state index contributed by atoms with van der Waals surface area (Å²) < 4.78 is 13.4. The second kappa shape index (κ2) is 7.35. The van der Waals surface area contributed by atoms with E-state index < -0.39 is 0 Å². The van der Waals surface area contributed by atoms with Gasteiger partial charge in [0.25, 0.3) is 0 Å². The lowest BCUT2D eigenvalue weighted by Crippen LogP contribution is -2.37. The van der Waals surface area contributed by atoms with E-state index in [-0.39, 0.29) is 11.6 Å². The van der Waals surface area contributed by atoms with E-state index in [0.29, 0.717) is 13.2 Å². The number of aromatic nitrogens is 2. The number of nitrogens with zero attached hydrogens (tertiary/aromatic N) is 2. The molecule has 1 heterocycles. The third kappa shape index (κ3) is 4.54. The zero-order chi connectivity index (χ0) is 14.5. The minimum absolute atomic E-state index is 0.0521. The molecule has 0 aliphatic carbocycles. The van der Waals surface area contributed by atoms with Gasteiger partial charge < -0.3 is 9.47 Å². The molecule has 3 N–H and O–H groups in total. The van der Waals surface area contributed by atoms with Gasteiger partial charge in [0.15, 0.2) is 0 Å². The van der Waals surface area contributed by atoms with Gasteiger partial charge >= 0.3 is 0 Å². The van der Waals surface area contributed by atoms with Crippen LogP contribution < -0.4 is 11.3 Å². The van der Waals surface area contributed by atoms with Crippen LogP contribution in [0.3, 0.4) is 0 Å². The maximum absolute atomic E-state index is 5.69. The molecular formula is C12H23BrN4O2. The van der Waals surface area contributed by atoms with Gasteiger partial charge in [-0.1, -0.05) is 0 Å². The molecule has 0 aromatic carbocycles. The quantitative estimate of drug-likeness (QED) is 0.558. The first-order valence-corrected chi connectivity index (χ1v) is 6.96. The van der Waals surface area contributed by atoms with Crippen LogP contribution in [0.1, 0.15) is 32.0 Å². The molecule has 0 aliphatic heterocycles. The lowest BCUT2D eigenvalue weighted by molar-refractivity contribution is 0.00594. The summed E-state index contributed by atoms with van der Waals surface area (Å²) in [6.07, 6.45) is 2.51. The molecule has 1 atom stereocenters. The van der Waals surface area contributed by atoms with E-state index in [9.17, 15) is 0 Å². The Labute approximate surface area is 122 Å². The Morgan fingerprint density at radius 3 is 2.74 bits per heavy atom. The largest absolute Gasteiger partial charge is 0.383 e. The minimum atomic E-state index is -0.271. The van der Waals surface area contributed by atoms with Gasteiger partial charge in [0.05, 0.1) is 41.2 Å². The molecular weight excluding hydrogens is 312 g/mol. The van der Waals surface area contributed by atoms with Gasteiger partial charge in [-0.05, 0) is 36.2 Å². The first-order valence-electron chi connectivity index (χ1n) is 6.16. The standard InChI is InChI=1S/C12H23BrN4O2/c1-12(2,19-4)7-10(16-14)11-9(13)8-15-17(11)5-6-18-3/h8,10,16H,5-7,14H2,1-4H3. The summed E-state index contributed by atoms with van der Waals surface area (Å²) >= 11 is 3.52. The molecule has 0 amide bonds. The van der Waals surface area contributed by atoms with Gasteiger partial charge in [-0.3, -0.25) is 16.0 Å². The molecule has 0 aliphatic rings. The second-order valence-electron chi connectivity index (χ2n) is 4.98. The molecule has 0 saturated heterocycles. The van der Waals surface area contributed by atoms with Crippen molar-refractivity contribution in [3.8, 4) is 0 Å². The van der Waals surface area contributed by atoms with E-state index >= 15 is 0 Å². The summed E-state index contributed by atoms with van der Waals surface area (Å²) in [5.74, 6) is 5.69. The van der Waals surface area contributed by atoms with Crippen LogP contribution in [0.4, 0.5) is 0 Å². The first-order chi connectivity index (χ1) is 8.95. The van der Waals surface area contributed by atoms with Crippen molar-refractivity contribution >= 4 is 15.9 Å². The summed E-state index contributed by atoms with van der Waals surface area (Å²) in [6.45, 7) is 5.34. The highest BCUT2D eigenvalue weighted by molar-refractivity contribution is 9.10. The lowest BCUT2D eigenvalue weighted by atomic mass is 9.97. The molecule has 0 radical (unpaired) electrons. The van der Waals surface area contributed by atoms with Gasteiger partial charge in [0.2, 0.25) is 0 Å². The van der Waals surface area contributed by atoms with Crippen molar-refractivity contribution in [2.24, 2.45) is 5.84 Å². The number of halogens is 1. The second-order valence-corrected chi connectivity index (χ2v) is 5.84. The van der Waals surface area contributed by atoms with Gasteiger partial charge in [-0.25, -0.2) is 0 Å². The molecule has 0 saturated carbocycles. The summed E-state index contributed by atoms with van der Waals surface area (Å²) in [5.41, 5.74) is 3.57. The van der Waals surface area contributed by atoms with Crippen LogP contribution in [0.5, 0.6) is 0 Å². The Morgan fingerprint density at radius 1 is 1.53 bits per heavy atom. The number of hydrogen-bond acceptors (Lipinski definition) is 5. The Balaban J connectivity index is 2.94. The van der Waals surface area contributed by atoms with E-state index in [0.717, 1.165) is 16.6 Å². The summed E-state index contributed by atoms with van der Waals surface area (Å²) in [7, 11) is 3.37. The number of methoxy groups -OCH3 is 2. The van der Waals surface area contributed by atoms with E-state index in [2.05, 4.69) is 26.5 Å². The van der Waals surface area contributed by atoms with Gasteiger partial charge in [0, 0.05) is 14.2 Å². The average molecular weight is 335 g/mol. The summed E-state index contributed by atoms with van der Waals surface area (Å²) in [6, 6.07) is -0.0521. The highest BCUT2D eigenvalue weighted by atomic mass is 79.9. The molecule has 1 aromatic rings. The number of ether oxygens (including phenoxy) is 2. The molecule has 0 spiro atoms. The van der Waals surface area contributed by atoms with Gasteiger partial charge in [-0.2, -0.15) is 5.10 Å². The SMILES string of the molecule is COCCn1ncc(Br)c1C(CC(C)(C)OC)NN. The molecule has 7 heteroatoms. The predicted molar refractivity (Wildman–Crippen MR) is 77.6 cm³/mol. The average Bonchev–Trinajstić information content (AvgIpc) is 2.75. The smallest absolute Gasteiger partial charge is 0.0711 e. The molecule has 1 unspecified atom stereocenters. The fraction of sp³-hybridized carbons (Fsp3) is 0.750. The number of hydrazine groups is 1. The molecule has 110 valence electrons. The zero-order valence-corrected chi connectivity index (χ0v) is 13.5. The van der Waals surface area contributed by atoms with Crippen LogP contribution in [-0.2, 0) is 16.0 Å². The van der Waals surface area contributed by atoms with E-state index in [1.54, 1.807) is 20.4 Å². The molecule has 6 nitrogen and oxygen atoms in total. The van der Waals surface area contributed by atoms with Crippen LogP contribution in [-0.4, -0.2) is 36.2 Å². The minimum Gasteiger partial charge on any atom is -0.383 e. The van der Waals surface area contributed by atoms with Crippen molar-refractivity contribution in [1.82, 2.24) is 15.2 Å². The Bertz CT molecular complexity index is 395. The van der Waals surface area contributed by atoms with Crippen LogP contribution in [0, 0.1) is 0 Å². The monoisotopic (exact) mass is 334 g/mol. The Morgan fingerprint density at radius 2 is 2.21 bits per heavy atom. The third-order valence-corrected chi connectivity index (χ3v) is 3.73. The fourth-order valence-corrected chi connectivity index (χ4v) is 2.46. The van der Waals surface area contributed by atoms with E-state index in [4.69, 9.17) is 15.3 Å². The topological polar surface area (TPSA) is 74.3 Å². The van der Waals surface area contributed by atoms with Crippen molar-refractivity contribution in [2.45, 2.75) is 38.5 Å². The molecule has 1 aromatic heterocycles. The number of rotatable bonds is 8. The molecule has 1 rings (SSSR count). The van der Waals surface area contributed by atoms with Crippen molar-refractivity contribution in [3.05, 3.63) is 16.4 Å². The third-order valence-electron chi connectivity index (χ3n) is 3.12. The van der Waals surface area contributed by atoms with Crippen molar-refractivity contribution in [3.63, 3.8) is 0 Å². The number of nitrogens with two attached hydrogens (primary N) is 1. The van der Waals surface area contributed by atoms with Crippen molar-refractivity contribution in [2.75, 3.05) is 20.8 Å². The van der Waals surface area contributed by atoms with Crippen LogP contribution in [0.25, 0.3) is 0 Å². The highest BCUT2D eigenvalue weighted by Crippen LogP contribution is 2.30. The highest BCUT2D eigenvalue weighted by Gasteiger charge is 2.27. The van der Waals surface area contributed by atoms with Gasteiger partial charge in [0.1, 0.15) is 0 Å². The Hall–Kier alpha value is -0.470. The Kier molecular flexibility index (Phi) is 6.41. The number of nitrogens with one attached hydrogen (secondary N) is 1. The lowest BCUT2D eigenvalue weighted by Gasteiger charge is -2.28. The zero-order valence-electron chi connectivity index (χ0n) is 11.9. The maximum atomic E-state index is 5.69. The van der Waals surface area contributed by atoms with Crippen LogP contribution in [0.15, 0.2) is 10.7 Å². The molecule has 19 heavy (non-hydrogen) atoms. The molecule has 0 bridgehead atoms. The maximum Gasteiger partial charge on any atom is 0.0711 e. The van der Waals surface area contributed by atoms with Crippen LogP contribution >= 0.6 is 15.9 Å². The number of hydrogen-bond donors (Lipinski definition) is 2.